The summed E-state index contributed by atoms with van der Waals surface area (Å²) in [6.45, 7) is 0.950. The molecule has 0 radical (unpaired) electrons. The predicted molar refractivity (Wildman–Crippen MR) is 36.3 cm³/mol. The van der Waals surface area contributed by atoms with Crippen LogP contribution < -0.4 is 0 Å². The molecule has 0 aliphatic carbocycles. The Morgan fingerprint density at radius 3 is 2.62 bits per heavy atom. The lowest BCUT2D eigenvalue weighted by molar-refractivity contribution is 0.145. The lowest BCUT2D eigenvalue weighted by atomic mass is 10.8. The third kappa shape index (κ3) is 6.14. The Balaban J connectivity index is 2.82. The first-order valence-electron chi connectivity index (χ1n) is 2.08. The largest absolute Gasteiger partial charge is 0.472 e. The Morgan fingerprint density at radius 2 is 2.25 bits per heavy atom. The van der Waals surface area contributed by atoms with Crippen LogP contribution in [0.4, 0.5) is 0 Å². The van der Waals surface area contributed by atoms with Gasteiger partial charge in [0.15, 0.2) is 0 Å². The van der Waals surface area contributed by atoms with Gasteiger partial charge in [-0.15, -0.1) is 0 Å². The van der Waals surface area contributed by atoms with Gasteiger partial charge < -0.3 is 9.47 Å². The SMILES string of the molecule is COCCOC(=S)Cl. The van der Waals surface area contributed by atoms with Crippen molar-refractivity contribution in [2.45, 2.75) is 0 Å². The van der Waals surface area contributed by atoms with Gasteiger partial charge in [0.05, 0.1) is 6.61 Å². The highest BCUT2D eigenvalue weighted by atomic mass is 35.5. The van der Waals surface area contributed by atoms with Crippen LogP contribution in [-0.2, 0) is 9.47 Å². The average Bonchev–Trinajstić information content (AvgIpc) is 1.66. The zero-order valence-electron chi connectivity index (χ0n) is 4.52. The molecule has 0 heterocycles. The molecule has 0 aromatic heterocycles. The van der Waals surface area contributed by atoms with Gasteiger partial charge in [0, 0.05) is 7.11 Å². The van der Waals surface area contributed by atoms with Crippen LogP contribution in [0.25, 0.3) is 0 Å². The lowest BCUT2D eigenvalue weighted by Crippen LogP contribution is -2.02. The van der Waals surface area contributed by atoms with E-state index in [9.17, 15) is 0 Å². The molecule has 0 aliphatic heterocycles. The molecule has 0 amide bonds. The van der Waals surface area contributed by atoms with Gasteiger partial charge in [-0.25, -0.2) is 0 Å². The van der Waals surface area contributed by atoms with E-state index in [4.69, 9.17) is 11.6 Å². The van der Waals surface area contributed by atoms with Gasteiger partial charge in [0.2, 0.25) is 0 Å². The zero-order valence-corrected chi connectivity index (χ0v) is 6.09. The van der Waals surface area contributed by atoms with Gasteiger partial charge in [-0.05, 0) is 23.8 Å². The molecule has 0 saturated carbocycles. The van der Waals surface area contributed by atoms with Crippen molar-refractivity contribution in [2.24, 2.45) is 0 Å². The summed E-state index contributed by atoms with van der Waals surface area (Å²) in [5, 5.41) is 0. The maximum absolute atomic E-state index is 5.17. The Bertz CT molecular complexity index is 76.4. The third-order valence-electron chi connectivity index (χ3n) is 0.503. The molecule has 0 unspecified atom stereocenters. The van der Waals surface area contributed by atoms with Crippen molar-refractivity contribution in [3.05, 3.63) is 0 Å². The second kappa shape index (κ2) is 5.28. The van der Waals surface area contributed by atoms with Crippen LogP contribution in [0.5, 0.6) is 0 Å². The van der Waals surface area contributed by atoms with E-state index in [0.29, 0.717) is 13.2 Å². The molecule has 0 fully saturated rings. The molecule has 4 heteroatoms. The first-order chi connectivity index (χ1) is 3.77. The fourth-order valence-electron chi connectivity index (χ4n) is 0.205. The predicted octanol–water partition coefficient (Wildman–Crippen LogP) is 1.17. The maximum Gasteiger partial charge on any atom is 0.255 e. The van der Waals surface area contributed by atoms with E-state index >= 15 is 0 Å². The highest BCUT2D eigenvalue weighted by molar-refractivity contribution is 7.82. The minimum Gasteiger partial charge on any atom is -0.472 e. The topological polar surface area (TPSA) is 18.5 Å². The fourth-order valence-corrected chi connectivity index (χ4v) is 0.366. The van der Waals surface area contributed by atoms with Gasteiger partial charge in [-0.1, -0.05) is 0 Å². The summed E-state index contributed by atoms with van der Waals surface area (Å²) < 4.78 is 9.35. The first kappa shape index (κ1) is 8.14. The summed E-state index contributed by atoms with van der Waals surface area (Å²) in [5.41, 5.74) is 0. The Labute approximate surface area is 58.7 Å². The molecule has 48 valence electrons. The molecular formula is C4H7ClO2S. The number of hydrogen-bond donors (Lipinski definition) is 0. The Hall–Kier alpha value is 0.140. The van der Waals surface area contributed by atoms with E-state index in [2.05, 4.69) is 21.7 Å². The van der Waals surface area contributed by atoms with Crippen LogP contribution in [0.1, 0.15) is 0 Å². The van der Waals surface area contributed by atoms with E-state index in [-0.39, 0.29) is 4.51 Å². The summed E-state index contributed by atoms with van der Waals surface area (Å²) in [6.07, 6.45) is 0. The molecular weight excluding hydrogens is 148 g/mol. The van der Waals surface area contributed by atoms with Gasteiger partial charge >= 0.3 is 0 Å². The quantitative estimate of drug-likeness (QED) is 0.346. The van der Waals surface area contributed by atoms with Crippen LogP contribution in [0.15, 0.2) is 0 Å². The highest BCUT2D eigenvalue weighted by Crippen LogP contribution is 1.86. The fraction of sp³-hybridized carbons (Fsp3) is 0.750. The van der Waals surface area contributed by atoms with Gasteiger partial charge in [0.1, 0.15) is 6.61 Å². The van der Waals surface area contributed by atoms with E-state index in [0.717, 1.165) is 0 Å². The van der Waals surface area contributed by atoms with Crippen LogP contribution in [0.3, 0.4) is 0 Å². The standard InChI is InChI=1S/C4H7ClO2S/c1-6-2-3-7-4(5)8/h2-3H2,1H3. The third-order valence-corrected chi connectivity index (χ3v) is 0.730. The molecule has 0 aliphatic rings. The highest BCUT2D eigenvalue weighted by Gasteiger charge is 1.86. The van der Waals surface area contributed by atoms with E-state index in [1.54, 1.807) is 7.11 Å². The summed E-state index contributed by atoms with van der Waals surface area (Å²) in [6, 6.07) is 0. The number of methoxy groups -OCH3 is 1. The number of thiocarbonyl (C=S) groups is 1. The molecule has 0 aromatic carbocycles. The molecule has 2 nitrogen and oxygen atoms in total. The molecule has 8 heavy (non-hydrogen) atoms. The molecule has 0 atom stereocenters. The summed E-state index contributed by atoms with van der Waals surface area (Å²) in [7, 11) is 1.58. The minimum atomic E-state index is 0.0436. The van der Waals surface area contributed by atoms with E-state index in [1.165, 1.54) is 0 Å². The number of halogens is 1. The Morgan fingerprint density at radius 1 is 1.62 bits per heavy atom. The Kier molecular flexibility index (Phi) is 5.37. The van der Waals surface area contributed by atoms with Crippen molar-refractivity contribution in [2.75, 3.05) is 20.3 Å². The normalized spacial score (nSPS) is 8.75. The molecule has 0 bridgehead atoms. The smallest absolute Gasteiger partial charge is 0.255 e. The number of ether oxygens (including phenoxy) is 2. The number of rotatable bonds is 3. The monoisotopic (exact) mass is 154 g/mol. The van der Waals surface area contributed by atoms with Gasteiger partial charge in [0.25, 0.3) is 4.51 Å². The van der Waals surface area contributed by atoms with Crippen molar-refractivity contribution < 1.29 is 9.47 Å². The van der Waals surface area contributed by atoms with Crippen molar-refractivity contribution >= 4 is 28.3 Å². The second-order valence-electron chi connectivity index (χ2n) is 1.08. The van der Waals surface area contributed by atoms with Crippen LogP contribution in [0.2, 0.25) is 0 Å². The van der Waals surface area contributed by atoms with Crippen molar-refractivity contribution in [3.8, 4) is 0 Å². The van der Waals surface area contributed by atoms with E-state index in [1.807, 2.05) is 0 Å². The van der Waals surface area contributed by atoms with Crippen molar-refractivity contribution in [1.82, 2.24) is 0 Å². The van der Waals surface area contributed by atoms with Gasteiger partial charge in [-0.2, -0.15) is 0 Å². The van der Waals surface area contributed by atoms with Gasteiger partial charge in [-0.3, -0.25) is 0 Å². The summed E-state index contributed by atoms with van der Waals surface area (Å²) in [5.74, 6) is 0. The maximum atomic E-state index is 5.17. The first-order valence-corrected chi connectivity index (χ1v) is 2.87. The van der Waals surface area contributed by atoms with Crippen molar-refractivity contribution in [3.63, 3.8) is 0 Å². The summed E-state index contributed by atoms with van der Waals surface area (Å²) >= 11 is 9.56. The minimum absolute atomic E-state index is 0.0436. The second-order valence-corrected chi connectivity index (χ2v) is 2.02. The molecule has 0 rings (SSSR count). The molecule has 0 saturated heterocycles. The van der Waals surface area contributed by atoms with E-state index < -0.39 is 0 Å². The van der Waals surface area contributed by atoms with Crippen molar-refractivity contribution in [1.29, 1.82) is 0 Å². The van der Waals surface area contributed by atoms with Crippen LogP contribution >= 0.6 is 23.8 Å². The molecule has 0 aromatic rings. The van der Waals surface area contributed by atoms with Crippen LogP contribution in [-0.4, -0.2) is 24.8 Å². The lowest BCUT2D eigenvalue weighted by Gasteiger charge is -1.98. The number of hydrogen-bond acceptors (Lipinski definition) is 3. The molecule has 0 N–H and O–H groups in total. The van der Waals surface area contributed by atoms with Crippen LogP contribution in [0, 0.1) is 0 Å². The zero-order chi connectivity index (χ0) is 6.41. The average molecular weight is 155 g/mol. The summed E-state index contributed by atoms with van der Waals surface area (Å²) in [4.78, 5) is 0. The molecule has 0 spiro atoms.